The van der Waals surface area contributed by atoms with Gasteiger partial charge >= 0.3 is 6.03 Å². The van der Waals surface area contributed by atoms with Crippen LogP contribution in [0.15, 0.2) is 24.3 Å². The first-order chi connectivity index (χ1) is 12.5. The molecule has 1 fully saturated rings. The number of likely N-dealkylation sites (tertiary alicyclic amines) is 1. The van der Waals surface area contributed by atoms with Crippen molar-refractivity contribution in [1.82, 2.24) is 10.2 Å². The number of rotatable bonds is 9. The maximum Gasteiger partial charge on any atom is 0.319 e. The number of nitrogens with zero attached hydrogens (tertiary/aromatic N) is 1. The van der Waals surface area contributed by atoms with Gasteiger partial charge in [-0.3, -0.25) is 0 Å². The van der Waals surface area contributed by atoms with Crippen molar-refractivity contribution in [2.24, 2.45) is 11.8 Å². The number of urea groups is 1. The van der Waals surface area contributed by atoms with Gasteiger partial charge in [0.25, 0.3) is 0 Å². The molecule has 0 bridgehead atoms. The molecule has 1 heterocycles. The molecular weight excluding hydrogens is 326 g/mol. The fraction of sp³-hybridized carbons (Fsp3) is 0.667. The molecule has 1 aliphatic rings. The van der Waals surface area contributed by atoms with Gasteiger partial charge in [-0.15, -0.1) is 0 Å². The molecule has 26 heavy (non-hydrogen) atoms. The molecule has 0 spiro atoms. The maximum atomic E-state index is 12.1. The summed E-state index contributed by atoms with van der Waals surface area (Å²) in [5.41, 5.74) is 0.716. The van der Waals surface area contributed by atoms with Crippen molar-refractivity contribution in [2.45, 2.75) is 46.5 Å². The van der Waals surface area contributed by atoms with E-state index in [9.17, 15) is 4.79 Å². The van der Waals surface area contributed by atoms with Crippen LogP contribution in [-0.4, -0.2) is 43.7 Å². The summed E-state index contributed by atoms with van der Waals surface area (Å²) in [5, 5.41) is 5.84. The van der Waals surface area contributed by atoms with E-state index in [-0.39, 0.29) is 6.03 Å². The van der Waals surface area contributed by atoms with E-state index in [0.29, 0.717) is 24.8 Å². The third-order valence-corrected chi connectivity index (χ3v) is 4.64. The number of ether oxygens (including phenoxy) is 1. The zero-order valence-electron chi connectivity index (χ0n) is 16.6. The number of piperidine rings is 1. The Morgan fingerprint density at radius 3 is 2.88 bits per heavy atom. The van der Waals surface area contributed by atoms with E-state index in [0.717, 1.165) is 31.1 Å². The van der Waals surface area contributed by atoms with Gasteiger partial charge in [0.05, 0.1) is 12.3 Å². The van der Waals surface area contributed by atoms with E-state index >= 15 is 0 Å². The van der Waals surface area contributed by atoms with Crippen LogP contribution >= 0.6 is 0 Å². The van der Waals surface area contributed by atoms with Gasteiger partial charge in [0.1, 0.15) is 5.75 Å². The summed E-state index contributed by atoms with van der Waals surface area (Å²) >= 11 is 0. The van der Waals surface area contributed by atoms with E-state index in [4.69, 9.17) is 4.74 Å². The van der Waals surface area contributed by atoms with Crippen LogP contribution in [-0.2, 0) is 0 Å². The largest absolute Gasteiger partial charge is 0.491 e. The van der Waals surface area contributed by atoms with Gasteiger partial charge in [-0.25, -0.2) is 4.79 Å². The average Bonchev–Trinajstić information content (AvgIpc) is 2.60. The summed E-state index contributed by atoms with van der Waals surface area (Å²) in [7, 11) is 0. The van der Waals surface area contributed by atoms with E-state index in [1.807, 2.05) is 24.3 Å². The molecule has 0 radical (unpaired) electrons. The molecule has 1 atom stereocenters. The molecular formula is C21H35N3O2. The van der Waals surface area contributed by atoms with Crippen LogP contribution in [0, 0.1) is 11.8 Å². The normalized spacial score (nSPS) is 17.9. The summed E-state index contributed by atoms with van der Waals surface area (Å²) < 4.78 is 5.77. The SMILES string of the molecule is CC(C)COc1ccccc1NC(=O)NCCCCN1CCCC(C)C1. The Morgan fingerprint density at radius 2 is 2.12 bits per heavy atom. The molecule has 146 valence electrons. The molecule has 0 aliphatic carbocycles. The molecule has 5 heteroatoms. The van der Waals surface area contributed by atoms with Gasteiger partial charge in [0, 0.05) is 13.1 Å². The smallest absolute Gasteiger partial charge is 0.319 e. The highest BCUT2D eigenvalue weighted by Crippen LogP contribution is 2.24. The summed E-state index contributed by atoms with van der Waals surface area (Å²) in [6, 6.07) is 7.40. The van der Waals surface area contributed by atoms with E-state index < -0.39 is 0 Å². The number of hydrogen-bond acceptors (Lipinski definition) is 3. The van der Waals surface area contributed by atoms with Crippen molar-refractivity contribution in [3.63, 3.8) is 0 Å². The predicted octanol–water partition coefficient (Wildman–Crippen LogP) is 4.36. The molecule has 0 saturated carbocycles. The number of anilines is 1. The number of carbonyl (C=O) groups is 1. The fourth-order valence-corrected chi connectivity index (χ4v) is 3.27. The van der Waals surface area contributed by atoms with Crippen molar-refractivity contribution in [1.29, 1.82) is 0 Å². The lowest BCUT2D eigenvalue weighted by Crippen LogP contribution is -2.35. The number of hydrogen-bond donors (Lipinski definition) is 2. The molecule has 1 unspecified atom stereocenters. The number of carbonyl (C=O) groups excluding carboxylic acids is 1. The molecule has 1 aliphatic heterocycles. The van der Waals surface area contributed by atoms with Gasteiger partial charge < -0.3 is 20.3 Å². The summed E-state index contributed by atoms with van der Waals surface area (Å²) in [4.78, 5) is 14.7. The topological polar surface area (TPSA) is 53.6 Å². The van der Waals surface area contributed by atoms with E-state index in [1.165, 1.54) is 25.9 Å². The zero-order chi connectivity index (χ0) is 18.8. The van der Waals surface area contributed by atoms with Gasteiger partial charge in [-0.2, -0.15) is 0 Å². The Bertz CT molecular complexity index is 548. The van der Waals surface area contributed by atoms with Gasteiger partial charge in [-0.05, 0) is 62.7 Å². The summed E-state index contributed by atoms with van der Waals surface area (Å²) in [5.74, 6) is 1.99. The molecule has 2 rings (SSSR count). The predicted molar refractivity (Wildman–Crippen MR) is 108 cm³/mol. The summed E-state index contributed by atoms with van der Waals surface area (Å²) in [6.45, 7) is 11.5. The van der Waals surface area contributed by atoms with Crippen molar-refractivity contribution in [3.8, 4) is 5.75 Å². The first kappa shape index (κ1) is 20.6. The minimum Gasteiger partial charge on any atom is -0.491 e. The third kappa shape index (κ3) is 7.65. The van der Waals surface area contributed by atoms with Crippen molar-refractivity contribution < 1.29 is 9.53 Å². The van der Waals surface area contributed by atoms with Gasteiger partial charge in [0.15, 0.2) is 0 Å². The maximum absolute atomic E-state index is 12.1. The number of nitrogens with one attached hydrogen (secondary N) is 2. The van der Waals surface area contributed by atoms with E-state index in [1.54, 1.807) is 0 Å². The van der Waals surface area contributed by atoms with Gasteiger partial charge in [-0.1, -0.05) is 32.9 Å². The first-order valence-electron chi connectivity index (χ1n) is 10.0. The van der Waals surface area contributed by atoms with Crippen LogP contribution in [0.4, 0.5) is 10.5 Å². The monoisotopic (exact) mass is 361 g/mol. The number of para-hydroxylation sites is 2. The second kappa shape index (κ2) is 11.1. The highest BCUT2D eigenvalue weighted by Gasteiger charge is 2.15. The van der Waals surface area contributed by atoms with E-state index in [2.05, 4.69) is 36.3 Å². The number of benzene rings is 1. The first-order valence-corrected chi connectivity index (χ1v) is 10.0. The van der Waals surface area contributed by atoms with Crippen LogP contribution in [0.2, 0.25) is 0 Å². The van der Waals surface area contributed by atoms with Gasteiger partial charge in [0.2, 0.25) is 0 Å². The van der Waals surface area contributed by atoms with Crippen LogP contribution < -0.4 is 15.4 Å². The highest BCUT2D eigenvalue weighted by molar-refractivity contribution is 5.90. The molecule has 1 saturated heterocycles. The van der Waals surface area contributed by atoms with Crippen molar-refractivity contribution in [2.75, 3.05) is 38.1 Å². The standard InChI is InChI=1S/C21H35N3O2/c1-17(2)16-26-20-11-5-4-10-19(20)23-21(25)22-12-6-7-13-24-14-8-9-18(3)15-24/h4-5,10-11,17-18H,6-9,12-16H2,1-3H3,(H2,22,23,25). The minimum absolute atomic E-state index is 0.169. The Balaban J connectivity index is 1.64. The molecule has 2 N–H and O–H groups in total. The fourth-order valence-electron chi connectivity index (χ4n) is 3.27. The Hall–Kier alpha value is -1.75. The zero-order valence-corrected chi connectivity index (χ0v) is 16.6. The Kier molecular flexibility index (Phi) is 8.75. The Morgan fingerprint density at radius 1 is 1.31 bits per heavy atom. The van der Waals surface area contributed by atoms with Crippen LogP contribution in [0.25, 0.3) is 0 Å². The lowest BCUT2D eigenvalue weighted by molar-refractivity contribution is 0.181. The molecule has 5 nitrogen and oxygen atoms in total. The number of unbranched alkanes of at least 4 members (excludes halogenated alkanes) is 1. The quantitative estimate of drug-likeness (QED) is 0.643. The van der Waals surface area contributed by atoms with Crippen LogP contribution in [0.1, 0.15) is 46.5 Å². The van der Waals surface area contributed by atoms with Crippen LogP contribution in [0.5, 0.6) is 5.75 Å². The second-order valence-corrected chi connectivity index (χ2v) is 7.84. The van der Waals surface area contributed by atoms with Crippen LogP contribution in [0.3, 0.4) is 0 Å². The third-order valence-electron chi connectivity index (χ3n) is 4.64. The summed E-state index contributed by atoms with van der Waals surface area (Å²) in [6.07, 6.45) is 4.81. The molecule has 0 aromatic heterocycles. The molecule has 1 aromatic carbocycles. The second-order valence-electron chi connectivity index (χ2n) is 7.84. The van der Waals surface area contributed by atoms with Crippen molar-refractivity contribution >= 4 is 11.7 Å². The minimum atomic E-state index is -0.169. The molecule has 1 aromatic rings. The highest BCUT2D eigenvalue weighted by atomic mass is 16.5. The molecule has 2 amide bonds. The Labute approximate surface area is 158 Å². The lowest BCUT2D eigenvalue weighted by atomic mass is 10.0. The average molecular weight is 362 g/mol. The lowest BCUT2D eigenvalue weighted by Gasteiger charge is -2.30. The number of amides is 2. The van der Waals surface area contributed by atoms with Crippen molar-refractivity contribution in [3.05, 3.63) is 24.3 Å².